The lowest BCUT2D eigenvalue weighted by Gasteiger charge is -2.34. The van der Waals surface area contributed by atoms with Crippen LogP contribution in [0, 0.1) is 0 Å². The topological polar surface area (TPSA) is 133 Å². The van der Waals surface area contributed by atoms with Gasteiger partial charge in [-0.1, -0.05) is 0 Å². The van der Waals surface area contributed by atoms with E-state index in [0.717, 1.165) is 0 Å². The van der Waals surface area contributed by atoms with Crippen molar-refractivity contribution in [3.8, 4) is 0 Å². The molecule has 0 fully saturated rings. The Hall–Kier alpha value is -0.340. The Morgan fingerprint density at radius 2 is 0.643 bits per heavy atom. The number of hydrogen-bond donors (Lipinski definition) is 0. The van der Waals surface area contributed by atoms with Crippen LogP contribution in [0.4, 0.5) is 0 Å². The van der Waals surface area contributed by atoms with Crippen molar-refractivity contribution in [2.45, 2.75) is 55.4 Å². The van der Waals surface area contributed by atoms with E-state index >= 15 is 0 Å². The van der Waals surface area contributed by atoms with Gasteiger partial charge < -0.3 is 18.1 Å². The van der Waals surface area contributed by atoms with E-state index < -0.39 is 20.8 Å². The Balaban J connectivity index is -0.000000336. The Morgan fingerprint density at radius 3 is 0.679 bits per heavy atom. The summed E-state index contributed by atoms with van der Waals surface area (Å²) in [5.41, 5.74) is 0. The average molecular weight is 453 g/mol. The second-order valence-corrected chi connectivity index (χ2v) is 8.07. The molecular weight excluding hydrogens is 412 g/mol. The van der Waals surface area contributed by atoms with Gasteiger partial charge in [-0.05, 0) is 55.4 Å². The first-order chi connectivity index (χ1) is 12.7. The largest absolute Gasteiger partial charge is 0.724 e. The van der Waals surface area contributed by atoms with E-state index in [1.165, 1.54) is 61.3 Å². The Kier molecular flexibility index (Phi) is 17.9. The normalized spacial score (nSPS) is 12.5. The van der Waals surface area contributed by atoms with Crippen LogP contribution < -0.4 is 0 Å². The number of nitrogens with zero attached hydrogens (tertiary/aromatic N) is 2. The van der Waals surface area contributed by atoms with Crippen molar-refractivity contribution < 1.29 is 43.6 Å². The maximum absolute atomic E-state index is 9.37. The molecular formula is C16H40N2O8S2. The maximum atomic E-state index is 9.37. The molecule has 0 aliphatic carbocycles. The molecule has 0 spiro atoms. The second kappa shape index (κ2) is 15.5. The third-order valence-corrected chi connectivity index (χ3v) is 6.12. The molecule has 0 rings (SSSR count). The van der Waals surface area contributed by atoms with Gasteiger partial charge >= 0.3 is 0 Å². The van der Waals surface area contributed by atoms with Crippen LogP contribution in [0.1, 0.15) is 55.4 Å². The molecule has 0 aromatic rings. The Bertz CT molecular complexity index is 484. The molecule has 0 unspecified atom stereocenters. The van der Waals surface area contributed by atoms with Gasteiger partial charge in [0.1, 0.15) is 0 Å². The number of quaternary nitrogens is 2. The average Bonchev–Trinajstić information content (AvgIpc) is 2.65. The second-order valence-electron chi connectivity index (χ2n) is 6.17. The van der Waals surface area contributed by atoms with Gasteiger partial charge in [0.25, 0.3) is 0 Å². The molecule has 28 heavy (non-hydrogen) atoms. The molecule has 0 radical (unpaired) electrons. The zero-order valence-electron chi connectivity index (χ0n) is 18.6. The first-order valence-corrected chi connectivity index (χ1v) is 12.4. The van der Waals surface area contributed by atoms with Gasteiger partial charge in [-0.2, -0.15) is 0 Å². The van der Waals surface area contributed by atoms with Crippen molar-refractivity contribution in [1.29, 1.82) is 0 Å². The van der Waals surface area contributed by atoms with Crippen molar-refractivity contribution in [1.82, 2.24) is 0 Å². The first-order valence-electron chi connectivity index (χ1n) is 9.69. The van der Waals surface area contributed by atoms with Gasteiger partial charge in [0.05, 0.1) is 52.4 Å². The summed E-state index contributed by atoms with van der Waals surface area (Å²) in [4.78, 5) is 0. The molecule has 10 nitrogen and oxygen atoms in total. The van der Waals surface area contributed by atoms with Crippen LogP contribution >= 0.6 is 0 Å². The molecule has 12 heteroatoms. The van der Waals surface area contributed by atoms with Crippen LogP contribution in [0.15, 0.2) is 0 Å². The van der Waals surface area contributed by atoms with E-state index in [-0.39, 0.29) is 0 Å². The molecule has 0 aliphatic heterocycles. The fourth-order valence-electron chi connectivity index (χ4n) is 2.75. The van der Waals surface area contributed by atoms with Crippen LogP contribution in [0.25, 0.3) is 0 Å². The van der Waals surface area contributed by atoms with E-state index in [9.17, 15) is 25.9 Å². The van der Waals surface area contributed by atoms with Crippen LogP contribution in [-0.4, -0.2) is 87.3 Å². The predicted molar refractivity (Wildman–Crippen MR) is 106 cm³/mol. The highest BCUT2D eigenvalue weighted by atomic mass is 32.3. The minimum atomic E-state index is -5.31. The monoisotopic (exact) mass is 452 g/mol. The summed E-state index contributed by atoms with van der Waals surface area (Å²) in [6, 6.07) is 0. The highest BCUT2D eigenvalue weighted by Crippen LogP contribution is 2.04. The molecule has 0 aliphatic rings. The lowest BCUT2D eigenvalue weighted by Crippen LogP contribution is -2.47. The predicted octanol–water partition coefficient (Wildman–Crippen LogP) is 1.62. The van der Waals surface area contributed by atoms with E-state index in [1.54, 1.807) is 0 Å². The molecule has 0 aromatic carbocycles. The quantitative estimate of drug-likeness (QED) is 0.152. The molecule has 0 aromatic heterocycles. The summed E-state index contributed by atoms with van der Waals surface area (Å²) in [7, 11) is -10.6. The zero-order chi connectivity index (χ0) is 23.1. The summed E-state index contributed by atoms with van der Waals surface area (Å²) in [5, 5.41) is 0. The van der Waals surface area contributed by atoms with Gasteiger partial charge in [0, 0.05) is 0 Å². The molecule has 0 heterocycles. The molecule has 0 N–H and O–H groups in total. The standard InChI is InChI=1S/2C8H20N.H2O8S2/c2*1-5-9(6-2,7-3)8-4;1-9(2,3)7-8-10(4,5)6/h2*5-8H2,1-4H3;(H,1,2,3)(H,4,5,6)/q2*+1;/p-2. The molecule has 0 bridgehead atoms. The van der Waals surface area contributed by atoms with E-state index in [1.807, 2.05) is 0 Å². The van der Waals surface area contributed by atoms with E-state index in [2.05, 4.69) is 64.1 Å². The van der Waals surface area contributed by atoms with Gasteiger partial charge in [0.2, 0.25) is 20.8 Å². The minimum absolute atomic E-state index is 1.28. The summed E-state index contributed by atoms with van der Waals surface area (Å²) in [6.07, 6.45) is 0. The third-order valence-electron chi connectivity index (χ3n) is 5.56. The maximum Gasteiger partial charge on any atom is 0.246 e. The highest BCUT2D eigenvalue weighted by Gasteiger charge is 2.16. The molecule has 0 amide bonds. The van der Waals surface area contributed by atoms with Crippen molar-refractivity contribution in [2.24, 2.45) is 0 Å². The Labute approximate surface area is 172 Å². The van der Waals surface area contributed by atoms with E-state index in [4.69, 9.17) is 0 Å². The number of rotatable bonds is 11. The fraction of sp³-hybridized carbons (Fsp3) is 1.00. The van der Waals surface area contributed by atoms with Crippen molar-refractivity contribution in [3.05, 3.63) is 0 Å². The van der Waals surface area contributed by atoms with Crippen molar-refractivity contribution in [3.63, 3.8) is 0 Å². The number of hydrogen-bond acceptors (Lipinski definition) is 8. The minimum Gasteiger partial charge on any atom is -0.724 e. The highest BCUT2D eigenvalue weighted by molar-refractivity contribution is 7.83. The van der Waals surface area contributed by atoms with E-state index in [0.29, 0.717) is 0 Å². The van der Waals surface area contributed by atoms with Crippen LogP contribution in [0.3, 0.4) is 0 Å². The third kappa shape index (κ3) is 16.6. The first kappa shape index (κ1) is 32.3. The van der Waals surface area contributed by atoms with Gasteiger partial charge in [0.15, 0.2) is 0 Å². The molecule has 0 saturated carbocycles. The SMILES string of the molecule is CC[N+](CC)(CC)CC.CC[N+](CC)(CC)CC.O=S(=O)([O-])OOS(=O)(=O)[O-]. The smallest absolute Gasteiger partial charge is 0.246 e. The summed E-state index contributed by atoms with van der Waals surface area (Å²) in [5.74, 6) is 0. The van der Waals surface area contributed by atoms with Crippen molar-refractivity contribution >= 4 is 20.8 Å². The molecule has 174 valence electrons. The lowest BCUT2D eigenvalue weighted by molar-refractivity contribution is -0.921. The zero-order valence-corrected chi connectivity index (χ0v) is 20.3. The van der Waals surface area contributed by atoms with Crippen LogP contribution in [0.2, 0.25) is 0 Å². The lowest BCUT2D eigenvalue weighted by atomic mass is 10.3. The Morgan fingerprint density at radius 1 is 0.500 bits per heavy atom. The molecule has 0 atom stereocenters. The van der Waals surface area contributed by atoms with Gasteiger partial charge in [-0.25, -0.2) is 16.8 Å². The summed E-state index contributed by atoms with van der Waals surface area (Å²) < 4.78 is 64.0. The fourth-order valence-corrected chi connectivity index (χ4v) is 3.30. The molecule has 0 saturated heterocycles. The summed E-state index contributed by atoms with van der Waals surface area (Å²) >= 11 is 0. The van der Waals surface area contributed by atoms with Crippen molar-refractivity contribution in [2.75, 3.05) is 52.4 Å². The van der Waals surface area contributed by atoms with Gasteiger partial charge in [-0.3, -0.25) is 0 Å². The van der Waals surface area contributed by atoms with Crippen LogP contribution in [0.5, 0.6) is 0 Å². The van der Waals surface area contributed by atoms with Gasteiger partial charge in [-0.15, -0.1) is 8.67 Å². The summed E-state index contributed by atoms with van der Waals surface area (Å²) in [6.45, 7) is 28.4. The van der Waals surface area contributed by atoms with Crippen LogP contribution in [-0.2, 0) is 29.5 Å².